The van der Waals surface area contributed by atoms with Gasteiger partial charge in [-0.2, -0.15) is 0 Å². The molecule has 3 aromatic heterocycles. The molecule has 1 aliphatic carbocycles. The second kappa shape index (κ2) is 8.11. The monoisotopic (exact) mass is 476 g/mol. The highest BCUT2D eigenvalue weighted by atomic mass is 32.1. The first-order chi connectivity index (χ1) is 16.5. The Morgan fingerprint density at radius 3 is 2.79 bits per heavy atom. The number of hydrogen-bond donors (Lipinski definition) is 2. The molecule has 0 unspecified atom stereocenters. The number of carbonyl (C=O) groups is 2. The topological polar surface area (TPSA) is 96.7 Å². The summed E-state index contributed by atoms with van der Waals surface area (Å²) in [5.74, 6) is -0.0678. The van der Waals surface area contributed by atoms with Crippen LogP contribution in [-0.4, -0.2) is 56.9 Å². The van der Waals surface area contributed by atoms with Crippen LogP contribution in [0, 0.1) is 6.92 Å². The lowest BCUT2D eigenvalue weighted by molar-refractivity contribution is 0.0769. The van der Waals surface area contributed by atoms with E-state index >= 15 is 0 Å². The number of pyridine rings is 1. The summed E-state index contributed by atoms with van der Waals surface area (Å²) in [5.41, 5.74) is 4.13. The number of fused-ring (bicyclic) bond motifs is 2. The van der Waals surface area contributed by atoms with Crippen LogP contribution in [0.2, 0.25) is 0 Å². The molecule has 6 rings (SSSR count). The van der Waals surface area contributed by atoms with E-state index in [1.54, 1.807) is 15.7 Å². The molecule has 9 heteroatoms. The number of nitrogens with one attached hydrogen (secondary N) is 1. The molecule has 1 atom stereocenters. The molecular formula is C25H24N4O4S. The van der Waals surface area contributed by atoms with Gasteiger partial charge in [0.1, 0.15) is 6.10 Å². The van der Waals surface area contributed by atoms with E-state index in [9.17, 15) is 14.7 Å². The average Bonchev–Trinajstić information content (AvgIpc) is 3.20. The number of aromatic nitrogens is 2. The van der Waals surface area contributed by atoms with Crippen LogP contribution in [0.5, 0.6) is 0 Å². The first-order valence-electron chi connectivity index (χ1n) is 11.4. The third-order valence-electron chi connectivity index (χ3n) is 6.31. The van der Waals surface area contributed by atoms with Crippen LogP contribution in [0.1, 0.15) is 34.6 Å². The van der Waals surface area contributed by atoms with Crippen LogP contribution in [-0.2, 0) is 4.74 Å². The molecule has 1 saturated heterocycles. The lowest BCUT2D eigenvalue weighted by atomic mass is 10.2. The SMILES string of the molecule is Cc1cc2cc(Nc3ccnc4cc(C(=O)N5CC[C@@H](O)C5)sc34)ccc2n1C(=O)OC1CC1. The number of nitrogens with zero attached hydrogens (tertiary/aromatic N) is 3. The van der Waals surface area contributed by atoms with E-state index in [4.69, 9.17) is 4.74 Å². The number of benzene rings is 1. The maximum absolute atomic E-state index is 12.9. The fourth-order valence-corrected chi connectivity index (χ4v) is 5.49. The zero-order valence-electron chi connectivity index (χ0n) is 18.7. The molecule has 2 aliphatic rings. The minimum absolute atomic E-state index is 0.0532. The minimum atomic E-state index is -0.447. The summed E-state index contributed by atoms with van der Waals surface area (Å²) < 4.78 is 8.01. The van der Waals surface area contributed by atoms with Gasteiger partial charge in [0.15, 0.2) is 0 Å². The van der Waals surface area contributed by atoms with Crippen molar-refractivity contribution in [1.29, 1.82) is 0 Å². The number of carbonyl (C=O) groups excluding carboxylic acids is 2. The van der Waals surface area contributed by atoms with Crippen molar-refractivity contribution in [2.24, 2.45) is 0 Å². The van der Waals surface area contributed by atoms with E-state index in [2.05, 4.69) is 10.3 Å². The Hall–Kier alpha value is -3.43. The maximum atomic E-state index is 12.9. The normalized spacial score (nSPS) is 18.1. The smallest absolute Gasteiger partial charge is 0.418 e. The number of anilines is 2. The largest absolute Gasteiger partial charge is 0.446 e. The Morgan fingerprint density at radius 1 is 1.18 bits per heavy atom. The van der Waals surface area contributed by atoms with E-state index in [1.807, 2.05) is 43.3 Å². The third kappa shape index (κ3) is 3.80. The summed E-state index contributed by atoms with van der Waals surface area (Å²) >= 11 is 1.40. The molecule has 0 bridgehead atoms. The van der Waals surface area contributed by atoms with Gasteiger partial charge in [0, 0.05) is 36.1 Å². The number of β-amino-alcohol motifs (C(OH)–C–C–N with tert-alkyl or cyclic N) is 1. The molecule has 2 fully saturated rings. The van der Waals surface area contributed by atoms with E-state index in [-0.39, 0.29) is 18.1 Å². The molecule has 1 saturated carbocycles. The van der Waals surface area contributed by atoms with Gasteiger partial charge in [-0.05, 0) is 62.6 Å². The molecular weight excluding hydrogens is 452 g/mol. The van der Waals surface area contributed by atoms with Crippen molar-refractivity contribution >= 4 is 55.8 Å². The molecule has 34 heavy (non-hydrogen) atoms. The first kappa shape index (κ1) is 21.1. The first-order valence-corrected chi connectivity index (χ1v) is 12.2. The minimum Gasteiger partial charge on any atom is -0.446 e. The van der Waals surface area contributed by atoms with Gasteiger partial charge in [-0.15, -0.1) is 11.3 Å². The van der Waals surface area contributed by atoms with Crippen molar-refractivity contribution in [2.75, 3.05) is 18.4 Å². The van der Waals surface area contributed by atoms with E-state index in [1.165, 1.54) is 11.3 Å². The Balaban J connectivity index is 1.28. The summed E-state index contributed by atoms with van der Waals surface area (Å²) in [7, 11) is 0. The lowest BCUT2D eigenvalue weighted by Crippen LogP contribution is -2.28. The van der Waals surface area contributed by atoms with Crippen LogP contribution in [0.3, 0.4) is 0 Å². The van der Waals surface area contributed by atoms with Gasteiger partial charge in [0.25, 0.3) is 5.91 Å². The standard InChI is InChI=1S/C25H24N4O4S/c1-14-10-15-11-16(2-5-21(15)29(14)25(32)33-18-3-4-18)27-19-6-8-26-20-12-22(34-23(19)20)24(31)28-9-7-17(30)13-28/h2,5-6,8,10-12,17-18,30H,3-4,7,9,13H2,1H3,(H,26,27)/t17-/m1/s1. The van der Waals surface area contributed by atoms with Crippen molar-refractivity contribution in [3.05, 3.63) is 53.2 Å². The Labute approximate surface area is 199 Å². The van der Waals surface area contributed by atoms with Crippen molar-refractivity contribution in [3.63, 3.8) is 0 Å². The van der Waals surface area contributed by atoms with Gasteiger partial charge in [-0.25, -0.2) is 9.36 Å². The number of likely N-dealkylation sites (tertiary alicyclic amines) is 1. The van der Waals surface area contributed by atoms with Crippen molar-refractivity contribution in [3.8, 4) is 0 Å². The molecule has 1 amide bonds. The highest BCUT2D eigenvalue weighted by Crippen LogP contribution is 2.34. The fraction of sp³-hybridized carbons (Fsp3) is 0.320. The van der Waals surface area contributed by atoms with E-state index in [0.29, 0.717) is 24.4 Å². The zero-order chi connectivity index (χ0) is 23.4. The van der Waals surface area contributed by atoms with Gasteiger partial charge in [0.05, 0.1) is 32.4 Å². The fourth-order valence-electron chi connectivity index (χ4n) is 4.43. The average molecular weight is 477 g/mol. The molecule has 174 valence electrons. The third-order valence-corrected chi connectivity index (χ3v) is 7.46. The zero-order valence-corrected chi connectivity index (χ0v) is 19.5. The summed E-state index contributed by atoms with van der Waals surface area (Å²) in [6, 6.07) is 11.5. The van der Waals surface area contributed by atoms with Crippen LogP contribution >= 0.6 is 11.3 Å². The highest BCUT2D eigenvalue weighted by Gasteiger charge is 2.28. The van der Waals surface area contributed by atoms with Gasteiger partial charge in [0.2, 0.25) is 0 Å². The number of amides is 1. The number of aliphatic hydroxyl groups is 1. The molecule has 8 nitrogen and oxygen atoms in total. The van der Waals surface area contributed by atoms with Gasteiger partial charge < -0.3 is 20.1 Å². The van der Waals surface area contributed by atoms with Crippen LogP contribution in [0.4, 0.5) is 16.2 Å². The predicted molar refractivity (Wildman–Crippen MR) is 131 cm³/mol. The van der Waals surface area contributed by atoms with Crippen molar-refractivity contribution in [1.82, 2.24) is 14.5 Å². The van der Waals surface area contributed by atoms with Gasteiger partial charge in [-0.1, -0.05) is 0 Å². The van der Waals surface area contributed by atoms with Crippen LogP contribution in [0.25, 0.3) is 21.1 Å². The maximum Gasteiger partial charge on any atom is 0.418 e. The molecule has 0 spiro atoms. The van der Waals surface area contributed by atoms with Crippen molar-refractivity contribution in [2.45, 2.75) is 38.4 Å². The summed E-state index contributed by atoms with van der Waals surface area (Å²) in [6.45, 7) is 2.84. The van der Waals surface area contributed by atoms with Crippen molar-refractivity contribution < 1.29 is 19.4 Å². The number of thiophene rings is 1. The number of rotatable bonds is 4. The Kier molecular flexibility index (Phi) is 5.04. The van der Waals surface area contributed by atoms with Gasteiger partial charge in [-0.3, -0.25) is 9.78 Å². The van der Waals surface area contributed by atoms with Crippen LogP contribution < -0.4 is 5.32 Å². The highest BCUT2D eigenvalue weighted by molar-refractivity contribution is 7.21. The second-order valence-electron chi connectivity index (χ2n) is 8.98. The number of aryl methyl sites for hydroxylation is 1. The number of ether oxygens (including phenoxy) is 1. The summed E-state index contributed by atoms with van der Waals surface area (Å²) in [5, 5.41) is 14.2. The Morgan fingerprint density at radius 2 is 2.03 bits per heavy atom. The molecule has 4 aromatic rings. The molecule has 0 radical (unpaired) electrons. The molecule has 1 aliphatic heterocycles. The molecule has 4 heterocycles. The van der Waals surface area contributed by atoms with E-state index < -0.39 is 6.10 Å². The molecule has 1 aromatic carbocycles. The van der Waals surface area contributed by atoms with Gasteiger partial charge >= 0.3 is 6.09 Å². The Bertz CT molecular complexity index is 1440. The summed E-state index contributed by atoms with van der Waals surface area (Å²) in [4.78, 5) is 32.2. The van der Waals surface area contributed by atoms with E-state index in [0.717, 1.165) is 51.0 Å². The number of aliphatic hydroxyl groups excluding tert-OH is 1. The quantitative estimate of drug-likeness (QED) is 0.445. The lowest BCUT2D eigenvalue weighted by Gasteiger charge is -2.13. The molecule has 2 N–H and O–H groups in total. The predicted octanol–water partition coefficient (Wildman–Crippen LogP) is 4.66. The second-order valence-corrected chi connectivity index (χ2v) is 10.0. The summed E-state index contributed by atoms with van der Waals surface area (Å²) in [6.07, 6.45) is 3.49. The number of hydrogen-bond acceptors (Lipinski definition) is 7. The van der Waals surface area contributed by atoms with Crippen LogP contribution in [0.15, 0.2) is 42.6 Å².